The zero-order chi connectivity index (χ0) is 23.1. The summed E-state index contributed by atoms with van der Waals surface area (Å²) < 4.78 is 0. The van der Waals surface area contributed by atoms with Gasteiger partial charge in [-0.25, -0.2) is 9.97 Å². The van der Waals surface area contributed by atoms with Crippen LogP contribution in [0.1, 0.15) is 56.1 Å². The third-order valence-corrected chi connectivity index (χ3v) is 6.33. The van der Waals surface area contributed by atoms with E-state index in [2.05, 4.69) is 20.2 Å². The highest BCUT2D eigenvalue weighted by molar-refractivity contribution is 6.30. The third kappa shape index (κ3) is 3.80. The Morgan fingerprint density at radius 2 is 1.48 bits per heavy atom. The maximum atomic E-state index is 13.2. The molecule has 2 aliphatic rings. The molecule has 0 atom stereocenters. The molecule has 1 N–H and O–H groups in total. The number of hydrogen-bond acceptors (Lipinski definition) is 6. The van der Waals surface area contributed by atoms with E-state index in [9.17, 15) is 14.4 Å². The number of rotatable bonds is 3. The lowest BCUT2D eigenvalue weighted by molar-refractivity contribution is -0.120. The fourth-order valence-electron chi connectivity index (χ4n) is 4.67. The number of carbonyl (C=O) groups is 3. The largest absolute Gasteiger partial charge is 0.341 e. The van der Waals surface area contributed by atoms with Crippen molar-refractivity contribution in [1.29, 1.82) is 0 Å². The SMILES string of the molecule is Cc1cc(C)nc(N2CCC(C(=O)Nc3cccc4c3C(=O)c3ccccc3C4=O)CC2)n1. The first kappa shape index (κ1) is 21.0. The predicted octanol–water partition coefficient (Wildman–Crippen LogP) is 3.72. The standard InChI is InChI=1S/C26H24N4O3/c1-15-14-16(2)28-26(27-15)30-12-10-17(11-13-30)25(33)29-21-9-5-8-20-22(21)24(32)19-7-4-3-6-18(19)23(20)31/h3-9,14,17H,10-13H2,1-2H3,(H,29,33). The molecule has 1 saturated heterocycles. The molecule has 7 heteroatoms. The minimum atomic E-state index is -0.238. The number of aryl methyl sites for hydroxylation is 2. The van der Waals surface area contributed by atoms with Gasteiger partial charge in [0.15, 0.2) is 11.6 Å². The normalized spacial score (nSPS) is 15.8. The average Bonchev–Trinajstić information content (AvgIpc) is 2.82. The summed E-state index contributed by atoms with van der Waals surface area (Å²) in [5.41, 5.74) is 3.62. The Balaban J connectivity index is 1.33. The first-order valence-electron chi connectivity index (χ1n) is 11.1. The van der Waals surface area contributed by atoms with Crippen molar-refractivity contribution in [3.63, 3.8) is 0 Å². The highest BCUT2D eigenvalue weighted by atomic mass is 16.2. The summed E-state index contributed by atoms with van der Waals surface area (Å²) in [4.78, 5) is 50.3. The number of aromatic nitrogens is 2. The first-order chi connectivity index (χ1) is 15.9. The second kappa shape index (κ2) is 8.24. The quantitative estimate of drug-likeness (QED) is 0.522. The van der Waals surface area contributed by atoms with E-state index in [0.29, 0.717) is 54.3 Å². The number of nitrogens with zero attached hydrogens (tertiary/aromatic N) is 3. The first-order valence-corrected chi connectivity index (χ1v) is 11.1. The van der Waals surface area contributed by atoms with Gasteiger partial charge >= 0.3 is 0 Å². The van der Waals surface area contributed by atoms with Crippen LogP contribution < -0.4 is 10.2 Å². The monoisotopic (exact) mass is 440 g/mol. The summed E-state index contributed by atoms with van der Waals surface area (Å²) in [7, 11) is 0. The number of benzene rings is 2. The molecule has 2 heterocycles. The molecule has 3 aromatic rings. The van der Waals surface area contributed by atoms with Crippen molar-refractivity contribution in [1.82, 2.24) is 9.97 Å². The number of anilines is 2. The molecular formula is C26H24N4O3. The Kier molecular flexibility index (Phi) is 5.24. The van der Waals surface area contributed by atoms with Crippen LogP contribution >= 0.6 is 0 Å². The van der Waals surface area contributed by atoms with E-state index in [-0.39, 0.29) is 29.0 Å². The van der Waals surface area contributed by atoms with Crippen molar-refractivity contribution in [3.8, 4) is 0 Å². The van der Waals surface area contributed by atoms with Gasteiger partial charge in [-0.1, -0.05) is 36.4 Å². The fraction of sp³-hybridized carbons (Fsp3) is 0.269. The van der Waals surface area contributed by atoms with Crippen LogP contribution in [0, 0.1) is 19.8 Å². The lowest BCUT2D eigenvalue weighted by Gasteiger charge is -2.31. The van der Waals surface area contributed by atoms with Crippen molar-refractivity contribution in [3.05, 3.63) is 82.2 Å². The summed E-state index contributed by atoms with van der Waals surface area (Å²) in [6, 6.07) is 13.8. The van der Waals surface area contributed by atoms with Gasteiger partial charge in [0.25, 0.3) is 0 Å². The fourth-order valence-corrected chi connectivity index (χ4v) is 4.67. The highest BCUT2D eigenvalue weighted by Gasteiger charge is 2.33. The van der Waals surface area contributed by atoms with E-state index >= 15 is 0 Å². The van der Waals surface area contributed by atoms with Crippen molar-refractivity contribution >= 4 is 29.1 Å². The number of nitrogens with one attached hydrogen (secondary N) is 1. The molecule has 1 aliphatic carbocycles. The van der Waals surface area contributed by atoms with Crippen LogP contribution in [0.4, 0.5) is 11.6 Å². The Hall–Kier alpha value is -3.87. The highest BCUT2D eigenvalue weighted by Crippen LogP contribution is 2.32. The Morgan fingerprint density at radius 3 is 2.15 bits per heavy atom. The zero-order valence-electron chi connectivity index (χ0n) is 18.6. The maximum Gasteiger partial charge on any atom is 0.227 e. The zero-order valence-corrected chi connectivity index (χ0v) is 18.6. The molecule has 166 valence electrons. The van der Waals surface area contributed by atoms with E-state index < -0.39 is 0 Å². The lowest BCUT2D eigenvalue weighted by Crippen LogP contribution is -2.39. The minimum Gasteiger partial charge on any atom is -0.341 e. The summed E-state index contributed by atoms with van der Waals surface area (Å²) in [5.74, 6) is -0.0598. The summed E-state index contributed by atoms with van der Waals surface area (Å²) >= 11 is 0. The van der Waals surface area contributed by atoms with Crippen molar-refractivity contribution in [2.75, 3.05) is 23.3 Å². The summed E-state index contributed by atoms with van der Waals surface area (Å²) in [6.07, 6.45) is 1.32. The Morgan fingerprint density at radius 1 is 0.879 bits per heavy atom. The van der Waals surface area contributed by atoms with E-state index in [1.165, 1.54) is 0 Å². The molecule has 7 nitrogen and oxygen atoms in total. The number of amides is 1. The number of hydrogen-bond donors (Lipinski definition) is 1. The Bertz CT molecular complexity index is 1270. The molecule has 1 fully saturated rings. The molecule has 2 aromatic carbocycles. The van der Waals surface area contributed by atoms with Crippen LogP contribution in [0.2, 0.25) is 0 Å². The van der Waals surface area contributed by atoms with E-state index in [1.54, 1.807) is 42.5 Å². The lowest BCUT2D eigenvalue weighted by atomic mass is 9.83. The molecule has 5 rings (SSSR count). The molecule has 0 radical (unpaired) electrons. The predicted molar refractivity (Wildman–Crippen MR) is 125 cm³/mol. The van der Waals surface area contributed by atoms with Gasteiger partial charge in [-0.15, -0.1) is 0 Å². The van der Waals surface area contributed by atoms with E-state index in [4.69, 9.17) is 0 Å². The summed E-state index contributed by atoms with van der Waals surface area (Å²) in [6.45, 7) is 5.25. The number of piperidine rings is 1. The maximum absolute atomic E-state index is 13.2. The molecule has 0 unspecified atom stereocenters. The molecule has 33 heavy (non-hydrogen) atoms. The topological polar surface area (TPSA) is 92.3 Å². The van der Waals surface area contributed by atoms with E-state index in [1.807, 2.05) is 19.9 Å². The molecule has 0 bridgehead atoms. The third-order valence-electron chi connectivity index (χ3n) is 6.33. The van der Waals surface area contributed by atoms with Gasteiger partial charge in [0, 0.05) is 47.1 Å². The molecule has 1 aromatic heterocycles. The molecule has 1 aliphatic heterocycles. The number of fused-ring (bicyclic) bond motifs is 2. The van der Waals surface area contributed by atoms with Gasteiger partial charge in [-0.2, -0.15) is 0 Å². The smallest absolute Gasteiger partial charge is 0.227 e. The van der Waals surface area contributed by atoms with Crippen molar-refractivity contribution in [2.45, 2.75) is 26.7 Å². The number of carbonyl (C=O) groups excluding carboxylic acids is 3. The van der Waals surface area contributed by atoms with E-state index in [0.717, 1.165) is 11.4 Å². The van der Waals surface area contributed by atoms with Crippen LogP contribution in [0.3, 0.4) is 0 Å². The summed E-state index contributed by atoms with van der Waals surface area (Å²) in [5, 5.41) is 2.93. The van der Waals surface area contributed by atoms with Crippen LogP contribution in [0.5, 0.6) is 0 Å². The minimum absolute atomic E-state index is 0.136. The van der Waals surface area contributed by atoms with Gasteiger partial charge in [0.1, 0.15) is 0 Å². The van der Waals surface area contributed by atoms with Gasteiger partial charge in [0.2, 0.25) is 11.9 Å². The van der Waals surface area contributed by atoms with Crippen molar-refractivity contribution in [2.24, 2.45) is 5.92 Å². The number of ketones is 2. The molecule has 0 saturated carbocycles. The van der Waals surface area contributed by atoms with Gasteiger partial charge in [-0.3, -0.25) is 14.4 Å². The van der Waals surface area contributed by atoms with Crippen LogP contribution in [0.25, 0.3) is 0 Å². The molecule has 0 spiro atoms. The second-order valence-electron chi connectivity index (χ2n) is 8.63. The average molecular weight is 441 g/mol. The van der Waals surface area contributed by atoms with Crippen LogP contribution in [-0.4, -0.2) is 40.5 Å². The second-order valence-corrected chi connectivity index (χ2v) is 8.63. The molecule has 1 amide bonds. The Labute approximate surface area is 191 Å². The van der Waals surface area contributed by atoms with Gasteiger partial charge in [0.05, 0.1) is 11.3 Å². The van der Waals surface area contributed by atoms with Crippen molar-refractivity contribution < 1.29 is 14.4 Å². The molecular weight excluding hydrogens is 416 g/mol. The van der Waals surface area contributed by atoms with Crippen LogP contribution in [0.15, 0.2) is 48.5 Å². The van der Waals surface area contributed by atoms with Gasteiger partial charge < -0.3 is 10.2 Å². The van der Waals surface area contributed by atoms with Gasteiger partial charge in [-0.05, 0) is 38.8 Å². The van der Waals surface area contributed by atoms with Crippen LogP contribution in [-0.2, 0) is 4.79 Å².